The Kier molecular flexibility index (Phi) is 5.33. The van der Waals surface area contributed by atoms with Gasteiger partial charge in [0, 0.05) is 15.7 Å². The van der Waals surface area contributed by atoms with E-state index >= 15 is 0 Å². The van der Waals surface area contributed by atoms with Crippen molar-refractivity contribution in [2.75, 3.05) is 6.54 Å². The van der Waals surface area contributed by atoms with Gasteiger partial charge in [0.25, 0.3) is 5.91 Å². The molecule has 0 aliphatic heterocycles. The summed E-state index contributed by atoms with van der Waals surface area (Å²) in [5.41, 5.74) is 1.60. The van der Waals surface area contributed by atoms with E-state index in [1.807, 2.05) is 38.1 Å². The summed E-state index contributed by atoms with van der Waals surface area (Å²) in [4.78, 5) is 14.4. The molecule has 0 spiro atoms. The Morgan fingerprint density at radius 2 is 1.71 bits per heavy atom. The highest BCUT2D eigenvalue weighted by Crippen LogP contribution is 2.22. The summed E-state index contributed by atoms with van der Waals surface area (Å²) in [5.74, 6) is -0.274. The average molecular weight is 397 g/mol. The van der Waals surface area contributed by atoms with E-state index in [2.05, 4.69) is 22.6 Å². The fourth-order valence-electron chi connectivity index (χ4n) is 2.27. The first kappa shape index (κ1) is 15.9. The molecule has 2 aromatic rings. The van der Waals surface area contributed by atoms with Crippen LogP contribution < -0.4 is 0 Å². The van der Waals surface area contributed by atoms with Crippen LogP contribution in [-0.2, 0) is 0 Å². The quantitative estimate of drug-likeness (QED) is 0.688. The molecule has 21 heavy (non-hydrogen) atoms. The van der Waals surface area contributed by atoms with Crippen LogP contribution in [0.4, 0.5) is 4.39 Å². The van der Waals surface area contributed by atoms with Crippen molar-refractivity contribution in [1.82, 2.24) is 4.90 Å². The van der Waals surface area contributed by atoms with Gasteiger partial charge in [-0.2, -0.15) is 0 Å². The van der Waals surface area contributed by atoms with E-state index in [-0.39, 0.29) is 17.8 Å². The molecule has 110 valence electrons. The van der Waals surface area contributed by atoms with Gasteiger partial charge in [-0.15, -0.1) is 0 Å². The van der Waals surface area contributed by atoms with Crippen LogP contribution in [0.1, 0.15) is 35.8 Å². The molecule has 4 heteroatoms. The van der Waals surface area contributed by atoms with Gasteiger partial charge in [0.2, 0.25) is 0 Å². The fourth-order valence-corrected chi connectivity index (χ4v) is 2.63. The van der Waals surface area contributed by atoms with Crippen LogP contribution >= 0.6 is 22.6 Å². The first-order valence-corrected chi connectivity index (χ1v) is 7.92. The van der Waals surface area contributed by atoms with Crippen LogP contribution in [0.25, 0.3) is 0 Å². The second-order valence-electron chi connectivity index (χ2n) is 4.83. The summed E-state index contributed by atoms with van der Waals surface area (Å²) < 4.78 is 14.1. The molecule has 2 rings (SSSR count). The Hall–Kier alpha value is -1.43. The Labute approximate surface area is 138 Å². The Morgan fingerprint density at radius 1 is 1.14 bits per heavy atom. The van der Waals surface area contributed by atoms with Crippen molar-refractivity contribution in [3.05, 3.63) is 69.0 Å². The van der Waals surface area contributed by atoms with Crippen LogP contribution in [0, 0.1) is 9.39 Å². The maximum atomic E-state index is 13.0. The standard InChI is InChI=1S/C17H17FINO/c1-3-20(12(2)13-4-8-15(18)9-5-13)17(21)14-6-10-16(19)11-7-14/h4-12H,3H2,1-2H3. The third-order valence-electron chi connectivity index (χ3n) is 3.51. The number of amides is 1. The van der Waals surface area contributed by atoms with Crippen LogP contribution in [0.15, 0.2) is 48.5 Å². The molecule has 0 N–H and O–H groups in total. The molecule has 0 fully saturated rings. The molecule has 0 aromatic heterocycles. The maximum absolute atomic E-state index is 13.0. The van der Waals surface area contributed by atoms with Gasteiger partial charge in [0.15, 0.2) is 0 Å². The molecule has 0 bridgehead atoms. The van der Waals surface area contributed by atoms with Gasteiger partial charge in [0.1, 0.15) is 5.82 Å². The van der Waals surface area contributed by atoms with Gasteiger partial charge in [-0.25, -0.2) is 4.39 Å². The second kappa shape index (κ2) is 7.02. The number of carbonyl (C=O) groups excluding carboxylic acids is 1. The van der Waals surface area contributed by atoms with Gasteiger partial charge in [-0.3, -0.25) is 4.79 Å². The molecule has 0 aliphatic carbocycles. The highest BCUT2D eigenvalue weighted by molar-refractivity contribution is 14.1. The summed E-state index contributed by atoms with van der Waals surface area (Å²) >= 11 is 2.21. The van der Waals surface area contributed by atoms with E-state index in [1.54, 1.807) is 17.0 Å². The predicted octanol–water partition coefficient (Wildman–Crippen LogP) is 4.65. The SMILES string of the molecule is CCN(C(=O)c1ccc(I)cc1)C(C)c1ccc(F)cc1. The van der Waals surface area contributed by atoms with Gasteiger partial charge < -0.3 is 4.90 Å². The first-order valence-electron chi connectivity index (χ1n) is 6.85. The maximum Gasteiger partial charge on any atom is 0.254 e. The molecule has 0 saturated carbocycles. The Morgan fingerprint density at radius 3 is 2.24 bits per heavy atom. The molecule has 2 aromatic carbocycles. The highest BCUT2D eigenvalue weighted by Gasteiger charge is 2.21. The van der Waals surface area contributed by atoms with Crippen LogP contribution in [0.2, 0.25) is 0 Å². The molecule has 1 unspecified atom stereocenters. The van der Waals surface area contributed by atoms with Crippen molar-refractivity contribution < 1.29 is 9.18 Å². The van der Waals surface area contributed by atoms with E-state index in [9.17, 15) is 9.18 Å². The number of carbonyl (C=O) groups is 1. The minimum absolute atomic E-state index is 0.00859. The molecular formula is C17H17FINO. The highest BCUT2D eigenvalue weighted by atomic mass is 127. The third-order valence-corrected chi connectivity index (χ3v) is 4.23. The minimum atomic E-state index is -0.266. The topological polar surface area (TPSA) is 20.3 Å². The van der Waals surface area contributed by atoms with Crippen LogP contribution in [-0.4, -0.2) is 17.4 Å². The number of halogens is 2. The van der Waals surface area contributed by atoms with Crippen molar-refractivity contribution in [1.29, 1.82) is 0 Å². The number of nitrogens with zero attached hydrogens (tertiary/aromatic N) is 1. The molecule has 0 radical (unpaired) electrons. The number of hydrogen-bond donors (Lipinski definition) is 0. The van der Waals surface area contributed by atoms with E-state index in [0.717, 1.165) is 9.13 Å². The fraction of sp³-hybridized carbons (Fsp3) is 0.235. The lowest BCUT2D eigenvalue weighted by molar-refractivity contribution is 0.0702. The summed E-state index contributed by atoms with van der Waals surface area (Å²) in [6.07, 6.45) is 0. The minimum Gasteiger partial charge on any atom is -0.332 e. The summed E-state index contributed by atoms with van der Waals surface area (Å²) in [7, 11) is 0. The van der Waals surface area contributed by atoms with Crippen molar-refractivity contribution in [2.24, 2.45) is 0 Å². The van der Waals surface area contributed by atoms with Crippen LogP contribution in [0.3, 0.4) is 0 Å². The van der Waals surface area contributed by atoms with E-state index in [1.165, 1.54) is 12.1 Å². The lowest BCUT2D eigenvalue weighted by atomic mass is 10.1. The molecule has 2 nitrogen and oxygen atoms in total. The van der Waals surface area contributed by atoms with E-state index in [0.29, 0.717) is 12.1 Å². The average Bonchev–Trinajstić information content (AvgIpc) is 2.49. The van der Waals surface area contributed by atoms with Crippen molar-refractivity contribution in [2.45, 2.75) is 19.9 Å². The molecule has 0 aliphatic rings. The zero-order chi connectivity index (χ0) is 15.4. The summed E-state index contributed by atoms with van der Waals surface area (Å²) in [6, 6.07) is 13.7. The second-order valence-corrected chi connectivity index (χ2v) is 6.07. The molecule has 1 atom stereocenters. The normalized spacial score (nSPS) is 12.0. The Bertz CT molecular complexity index is 610. The van der Waals surface area contributed by atoms with E-state index in [4.69, 9.17) is 0 Å². The van der Waals surface area contributed by atoms with Gasteiger partial charge in [0.05, 0.1) is 6.04 Å². The molecule has 0 heterocycles. The predicted molar refractivity (Wildman–Crippen MR) is 90.7 cm³/mol. The zero-order valence-corrected chi connectivity index (χ0v) is 14.2. The summed E-state index contributed by atoms with van der Waals surface area (Å²) in [6.45, 7) is 4.51. The lowest BCUT2D eigenvalue weighted by Crippen LogP contribution is -2.33. The van der Waals surface area contributed by atoms with Gasteiger partial charge in [-0.1, -0.05) is 12.1 Å². The van der Waals surface area contributed by atoms with Gasteiger partial charge in [-0.05, 0) is 78.4 Å². The molecular weight excluding hydrogens is 380 g/mol. The Balaban J connectivity index is 2.23. The first-order chi connectivity index (χ1) is 10.0. The monoisotopic (exact) mass is 397 g/mol. The smallest absolute Gasteiger partial charge is 0.254 e. The molecule has 0 saturated heterocycles. The van der Waals surface area contributed by atoms with Crippen molar-refractivity contribution in [3.63, 3.8) is 0 Å². The number of rotatable bonds is 4. The number of hydrogen-bond acceptors (Lipinski definition) is 1. The zero-order valence-electron chi connectivity index (χ0n) is 12.0. The van der Waals surface area contributed by atoms with Crippen molar-refractivity contribution in [3.8, 4) is 0 Å². The summed E-state index contributed by atoms with van der Waals surface area (Å²) in [5, 5.41) is 0. The van der Waals surface area contributed by atoms with Crippen molar-refractivity contribution >= 4 is 28.5 Å². The lowest BCUT2D eigenvalue weighted by Gasteiger charge is -2.28. The third kappa shape index (κ3) is 3.81. The van der Waals surface area contributed by atoms with Gasteiger partial charge >= 0.3 is 0 Å². The molecule has 1 amide bonds. The largest absolute Gasteiger partial charge is 0.332 e. The number of benzene rings is 2. The van der Waals surface area contributed by atoms with Crippen LogP contribution in [0.5, 0.6) is 0 Å². The van der Waals surface area contributed by atoms with E-state index < -0.39 is 0 Å².